The average Bonchev–Trinajstić information content (AvgIpc) is 2.50. The van der Waals surface area contributed by atoms with Crippen molar-refractivity contribution in [2.75, 3.05) is 13.6 Å². The Hall–Kier alpha value is -2.18. The molecule has 1 rings (SSSR count). The number of alkyl carbamates (subject to hydrolysis) is 1. The first-order valence-electron chi connectivity index (χ1n) is 8.18. The van der Waals surface area contributed by atoms with Gasteiger partial charge in [0.25, 0.3) is 0 Å². The van der Waals surface area contributed by atoms with Crippen LogP contribution < -0.4 is 5.32 Å². The van der Waals surface area contributed by atoms with E-state index in [1.165, 1.54) is 11.0 Å². The van der Waals surface area contributed by atoms with Gasteiger partial charge in [-0.25, -0.2) is 13.6 Å². The Bertz CT molecular complexity index is 615. The van der Waals surface area contributed by atoms with Gasteiger partial charge in [-0.15, -0.1) is 0 Å². The molecule has 2 amide bonds. The summed E-state index contributed by atoms with van der Waals surface area (Å²) in [5, 5.41) is 2.58. The van der Waals surface area contributed by atoms with Crippen molar-refractivity contribution in [3.05, 3.63) is 35.4 Å². The normalized spacial score (nSPS) is 12.4. The topological polar surface area (TPSA) is 58.6 Å². The highest BCUT2D eigenvalue weighted by atomic mass is 19.2. The minimum absolute atomic E-state index is 0.150. The van der Waals surface area contributed by atoms with Crippen LogP contribution >= 0.6 is 0 Å². The maximum absolute atomic E-state index is 13.3. The summed E-state index contributed by atoms with van der Waals surface area (Å²) in [4.78, 5) is 25.2. The summed E-state index contributed by atoms with van der Waals surface area (Å²) in [5.41, 5.74) is -0.0541. The van der Waals surface area contributed by atoms with Crippen LogP contribution in [0.5, 0.6) is 0 Å². The molecule has 140 valence electrons. The first kappa shape index (κ1) is 20.9. The van der Waals surface area contributed by atoms with Crippen molar-refractivity contribution in [2.45, 2.75) is 52.2 Å². The fraction of sp³-hybridized carbons (Fsp3) is 0.556. The van der Waals surface area contributed by atoms with E-state index in [2.05, 4.69) is 5.32 Å². The van der Waals surface area contributed by atoms with E-state index in [9.17, 15) is 18.4 Å². The number of hydrogen-bond acceptors (Lipinski definition) is 3. The maximum Gasteiger partial charge on any atom is 0.407 e. The first-order valence-corrected chi connectivity index (χ1v) is 8.18. The number of amides is 2. The fourth-order valence-corrected chi connectivity index (χ4v) is 2.13. The van der Waals surface area contributed by atoms with Gasteiger partial charge in [0.2, 0.25) is 5.91 Å². The molecule has 0 aliphatic rings. The Morgan fingerprint density at radius 1 is 1.24 bits per heavy atom. The third kappa shape index (κ3) is 7.07. The molecule has 0 fully saturated rings. The minimum Gasteiger partial charge on any atom is -0.444 e. The molecule has 0 radical (unpaired) electrons. The van der Waals surface area contributed by atoms with E-state index in [0.717, 1.165) is 12.1 Å². The summed E-state index contributed by atoms with van der Waals surface area (Å²) in [6, 6.07) is 3.20. The number of hydrogen-bond donors (Lipinski definition) is 1. The van der Waals surface area contributed by atoms with Crippen LogP contribution in [0.1, 0.15) is 52.1 Å². The number of ether oxygens (including phenoxy) is 1. The summed E-state index contributed by atoms with van der Waals surface area (Å²) in [5.74, 6) is -2.01. The van der Waals surface area contributed by atoms with E-state index < -0.39 is 23.3 Å². The van der Waals surface area contributed by atoms with Gasteiger partial charge in [0, 0.05) is 20.0 Å². The second-order valence-electron chi connectivity index (χ2n) is 6.89. The lowest BCUT2D eigenvalue weighted by Crippen LogP contribution is -2.34. The van der Waals surface area contributed by atoms with Gasteiger partial charge < -0.3 is 15.0 Å². The first-order chi connectivity index (χ1) is 11.5. The molecule has 0 heterocycles. The van der Waals surface area contributed by atoms with Gasteiger partial charge in [-0.3, -0.25) is 4.79 Å². The summed E-state index contributed by atoms with van der Waals surface area (Å²) in [7, 11) is 1.61. The maximum atomic E-state index is 13.3. The SMILES string of the molecule is CC(c1ccc(F)c(F)c1)N(C)C(=O)CCCNC(=O)OC(C)(C)C. The number of carbonyl (C=O) groups excluding carboxylic acids is 2. The standard InChI is InChI=1S/C18H26F2N2O3/c1-12(13-8-9-14(19)15(20)11-13)22(5)16(23)7-6-10-21-17(24)25-18(2,3)4/h8-9,11-12H,6-7,10H2,1-5H3,(H,21,24). The summed E-state index contributed by atoms with van der Waals surface area (Å²) in [6.45, 7) is 7.36. The smallest absolute Gasteiger partial charge is 0.407 e. The van der Waals surface area contributed by atoms with Gasteiger partial charge in [0.15, 0.2) is 11.6 Å². The molecule has 1 aromatic carbocycles. The average molecular weight is 356 g/mol. The Kier molecular flexibility index (Phi) is 7.33. The van der Waals surface area contributed by atoms with Crippen LogP contribution in [0.2, 0.25) is 0 Å². The van der Waals surface area contributed by atoms with Gasteiger partial charge in [-0.2, -0.15) is 0 Å². The molecule has 5 nitrogen and oxygen atoms in total. The van der Waals surface area contributed by atoms with Gasteiger partial charge in [0.1, 0.15) is 5.60 Å². The van der Waals surface area contributed by atoms with Gasteiger partial charge in [-0.05, 0) is 51.8 Å². The second kappa shape index (κ2) is 8.78. The monoisotopic (exact) mass is 356 g/mol. The largest absolute Gasteiger partial charge is 0.444 e. The van der Waals surface area contributed by atoms with Crippen molar-refractivity contribution in [1.29, 1.82) is 0 Å². The Morgan fingerprint density at radius 2 is 1.88 bits per heavy atom. The van der Waals surface area contributed by atoms with Gasteiger partial charge in [0.05, 0.1) is 6.04 Å². The molecule has 1 unspecified atom stereocenters. The number of rotatable bonds is 6. The summed E-state index contributed by atoms with van der Waals surface area (Å²) < 4.78 is 31.4. The lowest BCUT2D eigenvalue weighted by molar-refractivity contribution is -0.131. The van der Waals surface area contributed by atoms with Crippen LogP contribution in [-0.4, -0.2) is 36.1 Å². The van der Waals surface area contributed by atoms with Gasteiger partial charge >= 0.3 is 6.09 Å². The summed E-state index contributed by atoms with van der Waals surface area (Å²) in [6.07, 6.45) is 0.149. The predicted octanol–water partition coefficient (Wildman–Crippen LogP) is 3.79. The van der Waals surface area contributed by atoms with E-state index in [1.54, 1.807) is 34.7 Å². The van der Waals surface area contributed by atoms with Crippen molar-refractivity contribution in [2.24, 2.45) is 0 Å². The van der Waals surface area contributed by atoms with Crippen molar-refractivity contribution < 1.29 is 23.1 Å². The molecule has 1 atom stereocenters. The number of nitrogens with zero attached hydrogens (tertiary/aromatic N) is 1. The zero-order valence-corrected chi connectivity index (χ0v) is 15.4. The van der Waals surface area contributed by atoms with Crippen LogP contribution in [0, 0.1) is 11.6 Å². The second-order valence-corrected chi connectivity index (χ2v) is 6.89. The molecule has 1 aromatic rings. The van der Waals surface area contributed by atoms with E-state index in [-0.39, 0.29) is 18.4 Å². The van der Waals surface area contributed by atoms with E-state index in [0.29, 0.717) is 18.5 Å². The van der Waals surface area contributed by atoms with E-state index in [1.807, 2.05) is 0 Å². The molecular formula is C18H26F2N2O3. The number of nitrogens with one attached hydrogen (secondary N) is 1. The molecule has 1 N–H and O–H groups in total. The number of benzene rings is 1. The number of halogens is 2. The molecule has 7 heteroatoms. The Balaban J connectivity index is 2.43. The molecule has 0 aliphatic heterocycles. The van der Waals surface area contributed by atoms with Crippen LogP contribution in [-0.2, 0) is 9.53 Å². The van der Waals surface area contributed by atoms with Crippen LogP contribution in [0.3, 0.4) is 0 Å². The van der Waals surface area contributed by atoms with Crippen molar-refractivity contribution in [3.8, 4) is 0 Å². The lowest BCUT2D eigenvalue weighted by Gasteiger charge is -2.25. The Labute approximate surface area is 147 Å². The van der Waals surface area contributed by atoms with Crippen molar-refractivity contribution in [3.63, 3.8) is 0 Å². The molecule has 0 aromatic heterocycles. The summed E-state index contributed by atoms with van der Waals surface area (Å²) >= 11 is 0. The molecule has 0 bridgehead atoms. The highest BCUT2D eigenvalue weighted by Crippen LogP contribution is 2.21. The quantitative estimate of drug-likeness (QED) is 0.789. The predicted molar refractivity (Wildman–Crippen MR) is 91.0 cm³/mol. The van der Waals surface area contributed by atoms with Crippen molar-refractivity contribution in [1.82, 2.24) is 10.2 Å². The lowest BCUT2D eigenvalue weighted by atomic mass is 10.1. The zero-order chi connectivity index (χ0) is 19.2. The molecular weight excluding hydrogens is 330 g/mol. The van der Waals surface area contributed by atoms with Crippen LogP contribution in [0.25, 0.3) is 0 Å². The molecule has 0 saturated heterocycles. The van der Waals surface area contributed by atoms with Crippen LogP contribution in [0.4, 0.5) is 13.6 Å². The molecule has 25 heavy (non-hydrogen) atoms. The minimum atomic E-state index is -0.938. The van der Waals surface area contributed by atoms with E-state index >= 15 is 0 Å². The fourth-order valence-electron chi connectivity index (χ4n) is 2.13. The highest BCUT2D eigenvalue weighted by Gasteiger charge is 2.19. The highest BCUT2D eigenvalue weighted by molar-refractivity contribution is 5.76. The zero-order valence-electron chi connectivity index (χ0n) is 15.4. The van der Waals surface area contributed by atoms with Gasteiger partial charge in [-0.1, -0.05) is 6.07 Å². The van der Waals surface area contributed by atoms with Crippen LogP contribution in [0.15, 0.2) is 18.2 Å². The third-order valence-electron chi connectivity index (χ3n) is 3.64. The van der Waals surface area contributed by atoms with Crippen molar-refractivity contribution >= 4 is 12.0 Å². The molecule has 0 aliphatic carbocycles. The molecule has 0 saturated carbocycles. The number of carbonyl (C=O) groups is 2. The third-order valence-corrected chi connectivity index (χ3v) is 3.64. The van der Waals surface area contributed by atoms with E-state index in [4.69, 9.17) is 4.74 Å². The Morgan fingerprint density at radius 3 is 2.44 bits per heavy atom. The molecule has 0 spiro atoms.